The Balaban J connectivity index is 1.57. The number of hydrogen-bond donors (Lipinski definition) is 2. The quantitative estimate of drug-likeness (QED) is 0.233. The van der Waals surface area contributed by atoms with Gasteiger partial charge in [-0.25, -0.2) is 0 Å². The number of amides is 1. The van der Waals surface area contributed by atoms with Gasteiger partial charge in [0.15, 0.2) is 0 Å². The zero-order valence-corrected chi connectivity index (χ0v) is 18.8. The van der Waals surface area contributed by atoms with Gasteiger partial charge < -0.3 is 5.32 Å². The fourth-order valence-electron chi connectivity index (χ4n) is 3.06. The third-order valence-corrected chi connectivity index (χ3v) is 4.98. The predicted molar refractivity (Wildman–Crippen MR) is 130 cm³/mol. The van der Waals surface area contributed by atoms with Gasteiger partial charge in [-0.15, -0.1) is 0 Å². The van der Waals surface area contributed by atoms with E-state index >= 15 is 0 Å². The number of nitro groups is 2. The minimum Gasteiger partial charge on any atom is -0.326 e. The van der Waals surface area contributed by atoms with E-state index in [4.69, 9.17) is 11.6 Å². The maximum Gasteiger partial charge on any atom is 0.301 e. The first kappa shape index (κ1) is 24.3. The van der Waals surface area contributed by atoms with Gasteiger partial charge in [-0.2, -0.15) is 5.10 Å². The maximum atomic E-state index is 12.3. The molecule has 0 unspecified atom stereocenters. The van der Waals surface area contributed by atoms with Gasteiger partial charge >= 0.3 is 5.69 Å². The van der Waals surface area contributed by atoms with E-state index in [1.165, 1.54) is 6.07 Å². The second-order valence-electron chi connectivity index (χ2n) is 7.40. The van der Waals surface area contributed by atoms with Gasteiger partial charge in [0.2, 0.25) is 5.91 Å². The van der Waals surface area contributed by atoms with Crippen molar-refractivity contribution in [3.8, 4) is 0 Å². The topological polar surface area (TPSA) is 140 Å². The Kier molecular flexibility index (Phi) is 7.88. The Morgan fingerprint density at radius 1 is 0.941 bits per heavy atom. The number of nitrogens with one attached hydrogen (secondary N) is 2. The van der Waals surface area contributed by atoms with Crippen LogP contribution in [0.5, 0.6) is 0 Å². The molecule has 34 heavy (non-hydrogen) atoms. The first-order chi connectivity index (χ1) is 16.2. The lowest BCUT2D eigenvalue weighted by Crippen LogP contribution is -2.15. The lowest BCUT2D eigenvalue weighted by atomic mass is 10.0. The van der Waals surface area contributed by atoms with Crippen molar-refractivity contribution in [2.75, 3.05) is 10.7 Å². The summed E-state index contributed by atoms with van der Waals surface area (Å²) in [4.78, 5) is 32.9. The summed E-state index contributed by atoms with van der Waals surface area (Å²) >= 11 is 5.90. The van der Waals surface area contributed by atoms with Crippen LogP contribution in [0.4, 0.5) is 22.7 Å². The van der Waals surface area contributed by atoms with E-state index in [9.17, 15) is 25.0 Å². The smallest absolute Gasteiger partial charge is 0.301 e. The third-order valence-electron chi connectivity index (χ3n) is 4.73. The molecular weight excluding hydrogens is 462 g/mol. The molecule has 174 valence electrons. The largest absolute Gasteiger partial charge is 0.326 e. The molecule has 0 heterocycles. The van der Waals surface area contributed by atoms with Gasteiger partial charge in [0.25, 0.3) is 5.69 Å². The van der Waals surface area contributed by atoms with Crippen molar-refractivity contribution in [2.24, 2.45) is 5.10 Å². The van der Waals surface area contributed by atoms with E-state index < -0.39 is 21.2 Å². The summed E-state index contributed by atoms with van der Waals surface area (Å²) in [5, 5.41) is 29.4. The Hall–Kier alpha value is -4.31. The van der Waals surface area contributed by atoms with Crippen molar-refractivity contribution in [2.45, 2.75) is 19.8 Å². The molecule has 0 fully saturated rings. The summed E-state index contributed by atoms with van der Waals surface area (Å²) in [6, 6.07) is 18.2. The molecule has 0 saturated heterocycles. The van der Waals surface area contributed by atoms with Crippen molar-refractivity contribution in [1.29, 1.82) is 0 Å². The monoisotopic (exact) mass is 481 g/mol. The minimum absolute atomic E-state index is 0.0216. The molecule has 0 aromatic heterocycles. The van der Waals surface area contributed by atoms with Gasteiger partial charge in [-0.1, -0.05) is 35.9 Å². The van der Waals surface area contributed by atoms with Gasteiger partial charge in [0, 0.05) is 22.5 Å². The SMILES string of the molecule is C/C(CC(=O)Nc1ccc(Cc2ccc(Cl)cc2)cc1)=N/Nc1ccc([N+](=O)[O-])cc1[N+](=O)[O-]. The molecule has 0 aliphatic heterocycles. The number of carbonyl (C=O) groups is 1. The zero-order chi connectivity index (χ0) is 24.7. The number of carbonyl (C=O) groups excluding carboxylic acids is 1. The minimum atomic E-state index is -0.747. The molecule has 0 spiro atoms. The van der Waals surface area contributed by atoms with Crippen LogP contribution in [0.25, 0.3) is 0 Å². The first-order valence-corrected chi connectivity index (χ1v) is 10.4. The fourth-order valence-corrected chi connectivity index (χ4v) is 3.18. The average molecular weight is 482 g/mol. The van der Waals surface area contributed by atoms with Crippen LogP contribution in [0.3, 0.4) is 0 Å². The van der Waals surface area contributed by atoms with Gasteiger partial charge in [0.1, 0.15) is 5.69 Å². The standard InChI is InChI=1S/C23H20ClN5O5/c1-15(26-27-21-11-10-20(28(31)32)14-22(21)29(33)34)12-23(30)25-19-8-4-17(5-9-19)13-16-2-6-18(24)7-3-16/h2-11,14,27H,12-13H2,1H3,(H,25,30)/b26-15-. The van der Waals surface area contributed by atoms with Crippen molar-refractivity contribution >= 4 is 46.0 Å². The molecule has 0 radical (unpaired) electrons. The van der Waals surface area contributed by atoms with Gasteiger partial charge in [0.05, 0.1) is 22.3 Å². The van der Waals surface area contributed by atoms with Gasteiger partial charge in [-0.3, -0.25) is 30.4 Å². The molecule has 0 saturated carbocycles. The molecule has 0 atom stereocenters. The lowest BCUT2D eigenvalue weighted by Gasteiger charge is -2.08. The summed E-state index contributed by atoms with van der Waals surface area (Å²) in [6.45, 7) is 1.58. The second kappa shape index (κ2) is 11.0. The van der Waals surface area contributed by atoms with Crippen LogP contribution < -0.4 is 10.7 Å². The maximum absolute atomic E-state index is 12.3. The molecule has 0 aliphatic rings. The van der Waals surface area contributed by atoms with E-state index in [1.54, 1.807) is 19.1 Å². The number of hydrazone groups is 1. The molecule has 10 nitrogen and oxygen atoms in total. The van der Waals surface area contributed by atoms with Crippen molar-refractivity contribution in [1.82, 2.24) is 0 Å². The Morgan fingerprint density at radius 3 is 2.15 bits per heavy atom. The van der Waals surface area contributed by atoms with Crippen LogP contribution in [0.15, 0.2) is 71.8 Å². The summed E-state index contributed by atoms with van der Waals surface area (Å²) in [5.41, 5.74) is 4.76. The van der Waals surface area contributed by atoms with Crippen LogP contribution >= 0.6 is 11.6 Å². The van der Waals surface area contributed by atoms with Crippen LogP contribution in [0.1, 0.15) is 24.5 Å². The van der Waals surface area contributed by atoms with Crippen molar-refractivity contribution in [3.63, 3.8) is 0 Å². The second-order valence-corrected chi connectivity index (χ2v) is 7.84. The molecule has 1 amide bonds. The number of rotatable bonds is 9. The van der Waals surface area contributed by atoms with Crippen LogP contribution in [0, 0.1) is 20.2 Å². The summed E-state index contributed by atoms with van der Waals surface area (Å²) in [6.07, 6.45) is 0.678. The molecule has 0 bridgehead atoms. The number of non-ortho nitro benzene ring substituents is 1. The van der Waals surface area contributed by atoms with E-state index in [1.807, 2.05) is 36.4 Å². The molecule has 0 aliphatic carbocycles. The molecule has 3 aromatic rings. The lowest BCUT2D eigenvalue weighted by molar-refractivity contribution is -0.393. The normalized spacial score (nSPS) is 11.1. The van der Waals surface area contributed by atoms with E-state index in [-0.39, 0.29) is 18.0 Å². The molecular formula is C23H20ClN5O5. The molecule has 2 N–H and O–H groups in total. The van der Waals surface area contributed by atoms with Crippen LogP contribution in [-0.2, 0) is 11.2 Å². The van der Waals surface area contributed by atoms with E-state index in [0.717, 1.165) is 29.7 Å². The first-order valence-electron chi connectivity index (χ1n) is 10.1. The van der Waals surface area contributed by atoms with Crippen LogP contribution in [-0.4, -0.2) is 21.5 Å². The van der Waals surface area contributed by atoms with Crippen molar-refractivity contribution < 1.29 is 14.6 Å². The molecule has 3 rings (SSSR count). The highest BCUT2D eigenvalue weighted by Gasteiger charge is 2.19. The number of anilines is 2. The highest BCUT2D eigenvalue weighted by Crippen LogP contribution is 2.29. The number of nitrogens with zero attached hydrogens (tertiary/aromatic N) is 3. The summed E-state index contributed by atoms with van der Waals surface area (Å²) in [7, 11) is 0. The third kappa shape index (κ3) is 6.84. The molecule has 11 heteroatoms. The van der Waals surface area contributed by atoms with E-state index in [2.05, 4.69) is 15.8 Å². The van der Waals surface area contributed by atoms with E-state index in [0.29, 0.717) is 16.4 Å². The Labute approximate surface area is 199 Å². The summed E-state index contributed by atoms with van der Waals surface area (Å²) in [5.74, 6) is -0.313. The fraction of sp³-hybridized carbons (Fsp3) is 0.130. The Morgan fingerprint density at radius 2 is 1.56 bits per heavy atom. The predicted octanol–water partition coefficient (Wildman–Crippen LogP) is 5.56. The highest BCUT2D eigenvalue weighted by atomic mass is 35.5. The highest BCUT2D eigenvalue weighted by molar-refractivity contribution is 6.30. The van der Waals surface area contributed by atoms with Crippen molar-refractivity contribution in [3.05, 3.63) is 103 Å². The number of nitro benzene ring substituents is 2. The van der Waals surface area contributed by atoms with Gasteiger partial charge in [-0.05, 0) is 54.8 Å². The zero-order valence-electron chi connectivity index (χ0n) is 18.0. The number of hydrogen-bond acceptors (Lipinski definition) is 7. The Bertz CT molecular complexity index is 1240. The number of benzene rings is 3. The van der Waals surface area contributed by atoms with Crippen LogP contribution in [0.2, 0.25) is 5.02 Å². The summed E-state index contributed by atoms with van der Waals surface area (Å²) < 4.78 is 0. The number of halogens is 1. The molecule has 3 aromatic carbocycles. The average Bonchev–Trinajstić information content (AvgIpc) is 2.80.